The van der Waals surface area contributed by atoms with Gasteiger partial charge in [-0.25, -0.2) is 0 Å². The molecular weight excluding hydrogens is 216 g/mol. The van der Waals surface area contributed by atoms with Crippen LogP contribution in [0.5, 0.6) is 0 Å². The normalized spacial score (nSPS) is 16.4. The van der Waals surface area contributed by atoms with Crippen molar-refractivity contribution in [3.63, 3.8) is 0 Å². The van der Waals surface area contributed by atoms with Crippen LogP contribution in [0.25, 0.3) is 0 Å². The zero-order chi connectivity index (χ0) is 11.6. The minimum atomic E-state index is -1.86. The fourth-order valence-corrected chi connectivity index (χ4v) is 3.25. The summed E-state index contributed by atoms with van der Waals surface area (Å²) in [6.07, 6.45) is 1.91. The highest BCUT2D eigenvalue weighted by molar-refractivity contribution is 8.28. The molecule has 1 unspecified atom stereocenters. The predicted molar refractivity (Wildman–Crippen MR) is 70.3 cm³/mol. The number of hydrogen-bond acceptors (Lipinski definition) is 1. The molecule has 0 amide bonds. The lowest BCUT2D eigenvalue weighted by molar-refractivity contribution is 0.630. The molecule has 0 saturated carbocycles. The summed E-state index contributed by atoms with van der Waals surface area (Å²) in [5, 5.41) is 0. The summed E-state index contributed by atoms with van der Waals surface area (Å²) in [6.45, 7) is 2.05. The minimum absolute atomic E-state index is 0.999. The third-order valence-electron chi connectivity index (χ3n) is 2.68. The van der Waals surface area contributed by atoms with Gasteiger partial charge in [-0.2, -0.15) is 0 Å². The zero-order valence-corrected chi connectivity index (χ0v) is 10.4. The molecule has 1 atom stereocenters. The molecule has 0 aliphatic carbocycles. The molecule has 84 valence electrons. The van der Waals surface area contributed by atoms with E-state index in [2.05, 4.69) is 6.92 Å². The molecule has 0 aliphatic heterocycles. The molecule has 1 nitrogen and oxygen atoms in total. The third kappa shape index (κ3) is 2.13. The van der Waals surface area contributed by atoms with Crippen LogP contribution in [-0.2, 0) is 0 Å². The molecule has 0 aromatic heterocycles. The van der Waals surface area contributed by atoms with Crippen molar-refractivity contribution in [3.05, 3.63) is 60.2 Å². The maximum atomic E-state index is 10.6. The second-order valence-electron chi connectivity index (χ2n) is 4.00. The maximum Gasteiger partial charge on any atom is 0.0166 e. The molecular formula is C14H16OS. The summed E-state index contributed by atoms with van der Waals surface area (Å²) >= 11 is 0. The smallest absolute Gasteiger partial charge is 0.0166 e. The van der Waals surface area contributed by atoms with Crippen molar-refractivity contribution in [1.82, 2.24) is 0 Å². The molecule has 16 heavy (non-hydrogen) atoms. The van der Waals surface area contributed by atoms with Gasteiger partial charge in [-0.15, -0.1) is 0 Å². The molecule has 1 N–H and O–H groups in total. The van der Waals surface area contributed by atoms with Crippen LogP contribution in [0, 0.1) is 6.92 Å². The molecule has 0 spiro atoms. The molecule has 0 heterocycles. The average molecular weight is 232 g/mol. The molecule has 0 radical (unpaired) electrons. The number of benzene rings is 2. The van der Waals surface area contributed by atoms with Gasteiger partial charge in [0.25, 0.3) is 0 Å². The van der Waals surface area contributed by atoms with E-state index in [1.165, 1.54) is 5.56 Å². The summed E-state index contributed by atoms with van der Waals surface area (Å²) in [6, 6.07) is 18.0. The van der Waals surface area contributed by atoms with E-state index in [4.69, 9.17) is 0 Å². The molecule has 0 saturated heterocycles. The maximum absolute atomic E-state index is 10.6. The van der Waals surface area contributed by atoms with Gasteiger partial charge >= 0.3 is 0 Å². The summed E-state index contributed by atoms with van der Waals surface area (Å²) in [5.41, 5.74) is 1.21. The molecule has 2 aromatic carbocycles. The fraction of sp³-hybridized carbons (Fsp3) is 0.143. The van der Waals surface area contributed by atoms with Crippen LogP contribution in [0.15, 0.2) is 64.4 Å². The van der Waals surface area contributed by atoms with Gasteiger partial charge in [0.2, 0.25) is 0 Å². The van der Waals surface area contributed by atoms with Crippen LogP contribution < -0.4 is 0 Å². The Labute approximate surface area is 98.3 Å². The molecule has 0 aliphatic rings. The monoisotopic (exact) mass is 232 g/mol. The molecule has 0 bridgehead atoms. The van der Waals surface area contributed by atoms with Gasteiger partial charge in [0.15, 0.2) is 0 Å². The van der Waals surface area contributed by atoms with Gasteiger partial charge in [0.1, 0.15) is 0 Å². The van der Waals surface area contributed by atoms with Crippen molar-refractivity contribution in [2.24, 2.45) is 0 Å². The van der Waals surface area contributed by atoms with E-state index in [0.717, 1.165) is 9.79 Å². The Balaban J connectivity index is 2.43. The Kier molecular flexibility index (Phi) is 3.03. The highest BCUT2D eigenvalue weighted by Crippen LogP contribution is 2.55. The summed E-state index contributed by atoms with van der Waals surface area (Å²) in [5.74, 6) is 0. The standard InChI is InChI=1S/C14H16OS/c1-12-8-10-14(11-9-12)16(2,15)13-6-4-3-5-7-13/h3-11,15H,1-2H3. The van der Waals surface area contributed by atoms with E-state index in [1.807, 2.05) is 60.9 Å². The Morgan fingerprint density at radius 2 is 1.31 bits per heavy atom. The first kappa shape index (κ1) is 11.2. The summed E-state index contributed by atoms with van der Waals surface area (Å²) in [7, 11) is -1.86. The van der Waals surface area contributed by atoms with E-state index < -0.39 is 10.3 Å². The van der Waals surface area contributed by atoms with Crippen molar-refractivity contribution < 1.29 is 4.55 Å². The lowest BCUT2D eigenvalue weighted by Crippen LogP contribution is -1.98. The first-order chi connectivity index (χ1) is 7.60. The lowest BCUT2D eigenvalue weighted by atomic mass is 10.2. The van der Waals surface area contributed by atoms with Crippen LogP contribution in [0.2, 0.25) is 0 Å². The van der Waals surface area contributed by atoms with E-state index in [9.17, 15) is 4.55 Å². The van der Waals surface area contributed by atoms with Gasteiger partial charge in [0, 0.05) is 9.79 Å². The predicted octanol–water partition coefficient (Wildman–Crippen LogP) is 4.32. The second kappa shape index (κ2) is 4.32. The van der Waals surface area contributed by atoms with Crippen LogP contribution in [0.3, 0.4) is 0 Å². The van der Waals surface area contributed by atoms with Gasteiger partial charge in [0.05, 0.1) is 0 Å². The Hall–Kier alpha value is -1.25. The minimum Gasteiger partial charge on any atom is -0.343 e. The second-order valence-corrected chi connectivity index (χ2v) is 6.70. The average Bonchev–Trinajstić information content (AvgIpc) is 2.31. The summed E-state index contributed by atoms with van der Waals surface area (Å²) in [4.78, 5) is 2.00. The van der Waals surface area contributed by atoms with Crippen molar-refractivity contribution in [2.75, 3.05) is 6.26 Å². The molecule has 2 heteroatoms. The van der Waals surface area contributed by atoms with Crippen molar-refractivity contribution in [1.29, 1.82) is 0 Å². The van der Waals surface area contributed by atoms with Gasteiger partial charge in [-0.3, -0.25) is 0 Å². The Morgan fingerprint density at radius 1 is 0.812 bits per heavy atom. The molecule has 2 rings (SSSR count). The number of hydrogen-bond donors (Lipinski definition) is 1. The SMILES string of the molecule is Cc1ccc(S(C)(O)c2ccccc2)cc1. The lowest BCUT2D eigenvalue weighted by Gasteiger charge is -2.30. The van der Waals surface area contributed by atoms with Crippen LogP contribution in [0.1, 0.15) is 5.56 Å². The largest absolute Gasteiger partial charge is 0.343 e. The van der Waals surface area contributed by atoms with Crippen molar-refractivity contribution >= 4 is 10.3 Å². The fourth-order valence-electron chi connectivity index (χ4n) is 1.62. The van der Waals surface area contributed by atoms with Crippen molar-refractivity contribution in [3.8, 4) is 0 Å². The number of rotatable bonds is 2. The van der Waals surface area contributed by atoms with Crippen molar-refractivity contribution in [2.45, 2.75) is 16.7 Å². The highest BCUT2D eigenvalue weighted by atomic mass is 32.3. The van der Waals surface area contributed by atoms with Gasteiger partial charge < -0.3 is 4.55 Å². The van der Waals surface area contributed by atoms with E-state index in [0.29, 0.717) is 0 Å². The topological polar surface area (TPSA) is 20.2 Å². The Bertz CT molecular complexity index is 460. The van der Waals surface area contributed by atoms with Crippen LogP contribution >= 0.6 is 10.3 Å². The first-order valence-corrected chi connectivity index (χ1v) is 7.23. The van der Waals surface area contributed by atoms with Gasteiger partial charge in [-0.1, -0.05) is 46.2 Å². The van der Waals surface area contributed by atoms with E-state index in [1.54, 1.807) is 0 Å². The highest BCUT2D eigenvalue weighted by Gasteiger charge is 2.18. The third-order valence-corrected chi connectivity index (χ3v) is 5.06. The van der Waals surface area contributed by atoms with E-state index in [-0.39, 0.29) is 0 Å². The molecule has 2 aromatic rings. The van der Waals surface area contributed by atoms with Crippen LogP contribution in [0.4, 0.5) is 0 Å². The number of aryl methyl sites for hydroxylation is 1. The molecule has 0 fully saturated rings. The van der Waals surface area contributed by atoms with Gasteiger partial charge in [-0.05, 0) is 37.4 Å². The summed E-state index contributed by atoms with van der Waals surface area (Å²) < 4.78 is 10.6. The Morgan fingerprint density at radius 3 is 1.88 bits per heavy atom. The quantitative estimate of drug-likeness (QED) is 0.817. The van der Waals surface area contributed by atoms with Crippen LogP contribution in [-0.4, -0.2) is 10.8 Å². The zero-order valence-electron chi connectivity index (χ0n) is 9.55. The first-order valence-electron chi connectivity index (χ1n) is 5.23. The van der Waals surface area contributed by atoms with E-state index >= 15 is 0 Å².